The van der Waals surface area contributed by atoms with Crippen LogP contribution in [0.1, 0.15) is 22.7 Å². The zero-order chi connectivity index (χ0) is 24.8. The van der Waals surface area contributed by atoms with Crippen molar-refractivity contribution < 1.29 is 23.5 Å². The summed E-state index contributed by atoms with van der Waals surface area (Å²) in [7, 11) is 0. The fourth-order valence-corrected chi connectivity index (χ4v) is 4.38. The van der Waals surface area contributed by atoms with Gasteiger partial charge in [-0.2, -0.15) is 0 Å². The van der Waals surface area contributed by atoms with E-state index in [1.54, 1.807) is 29.2 Å². The summed E-state index contributed by atoms with van der Waals surface area (Å²) >= 11 is 0. The Kier molecular flexibility index (Phi) is 7.72. The zero-order valence-corrected chi connectivity index (χ0v) is 19.1. The average molecular weight is 480 g/mol. The number of hydrogen-bond acceptors (Lipinski definition) is 3. The van der Waals surface area contributed by atoms with Crippen LogP contribution < -0.4 is 5.32 Å². The Balaban J connectivity index is 1.43. The summed E-state index contributed by atoms with van der Waals surface area (Å²) in [6, 6.07) is 19.9. The molecule has 2 amide bonds. The van der Waals surface area contributed by atoms with Gasteiger partial charge in [-0.05, 0) is 41.0 Å². The minimum Gasteiger partial charge on any atom is -0.480 e. The number of benzene rings is 3. The fraction of sp³-hybridized carbons (Fsp3) is 0.259. The van der Waals surface area contributed by atoms with Crippen LogP contribution in [0.4, 0.5) is 13.6 Å². The number of urea groups is 1. The molecule has 3 aromatic rings. The van der Waals surface area contributed by atoms with Crippen molar-refractivity contribution in [2.24, 2.45) is 0 Å². The average Bonchev–Trinajstić information content (AvgIpc) is 2.87. The highest BCUT2D eigenvalue weighted by Gasteiger charge is 2.30. The van der Waals surface area contributed by atoms with Crippen molar-refractivity contribution in [1.82, 2.24) is 15.1 Å². The highest BCUT2D eigenvalue weighted by atomic mass is 19.1. The number of carbonyl (C=O) groups excluding carboxylic acids is 1. The van der Waals surface area contributed by atoms with Gasteiger partial charge in [0.2, 0.25) is 0 Å². The quantitative estimate of drug-likeness (QED) is 0.536. The molecular weight excluding hydrogens is 452 g/mol. The lowest BCUT2D eigenvalue weighted by Gasteiger charge is -2.40. The molecule has 6 nitrogen and oxygen atoms in total. The van der Waals surface area contributed by atoms with Gasteiger partial charge < -0.3 is 15.3 Å². The number of amides is 2. The molecule has 0 aromatic heterocycles. The molecular formula is C27H27F2N3O3. The van der Waals surface area contributed by atoms with Crippen LogP contribution in [0.2, 0.25) is 0 Å². The minimum atomic E-state index is -1.09. The molecule has 1 atom stereocenters. The Morgan fingerprint density at radius 3 is 1.80 bits per heavy atom. The predicted molar refractivity (Wildman–Crippen MR) is 128 cm³/mol. The summed E-state index contributed by atoms with van der Waals surface area (Å²) < 4.78 is 27.1. The van der Waals surface area contributed by atoms with Gasteiger partial charge in [0.15, 0.2) is 0 Å². The lowest BCUT2D eigenvalue weighted by atomic mass is 9.96. The summed E-state index contributed by atoms with van der Waals surface area (Å²) in [6.45, 7) is 1.82. The van der Waals surface area contributed by atoms with Crippen LogP contribution in [0, 0.1) is 11.6 Å². The second-order valence-electron chi connectivity index (χ2n) is 8.56. The Hall–Kier alpha value is -3.78. The minimum absolute atomic E-state index is 0.194. The molecule has 182 valence electrons. The number of carboxylic acids is 1. The molecule has 8 heteroatoms. The third kappa shape index (κ3) is 6.22. The van der Waals surface area contributed by atoms with E-state index in [1.165, 1.54) is 24.3 Å². The first-order chi connectivity index (χ1) is 16.9. The lowest BCUT2D eigenvalue weighted by molar-refractivity contribution is -0.139. The van der Waals surface area contributed by atoms with E-state index in [1.807, 2.05) is 30.3 Å². The molecule has 0 radical (unpaired) electrons. The van der Waals surface area contributed by atoms with Crippen molar-refractivity contribution in [3.63, 3.8) is 0 Å². The molecule has 0 saturated carbocycles. The largest absolute Gasteiger partial charge is 0.480 e. The molecule has 1 aliphatic rings. The zero-order valence-electron chi connectivity index (χ0n) is 19.1. The molecule has 1 aliphatic heterocycles. The number of rotatable bonds is 7. The van der Waals surface area contributed by atoms with Gasteiger partial charge in [0.05, 0.1) is 6.04 Å². The SMILES string of the molecule is O=C(O)C(Cc1ccccc1)NC(=O)N1CCN(C(c2ccc(F)cc2)c2ccc(F)cc2)CC1. The van der Waals surface area contributed by atoms with Gasteiger partial charge in [-0.3, -0.25) is 4.90 Å². The summed E-state index contributed by atoms with van der Waals surface area (Å²) in [6.07, 6.45) is 0.194. The third-order valence-electron chi connectivity index (χ3n) is 6.22. The summed E-state index contributed by atoms with van der Waals surface area (Å²) in [4.78, 5) is 28.3. The second kappa shape index (κ2) is 11.1. The number of nitrogens with zero attached hydrogens (tertiary/aromatic N) is 2. The van der Waals surface area contributed by atoms with Gasteiger partial charge in [-0.25, -0.2) is 18.4 Å². The lowest BCUT2D eigenvalue weighted by Crippen LogP contribution is -2.55. The van der Waals surface area contributed by atoms with E-state index in [9.17, 15) is 23.5 Å². The Labute approximate surface area is 202 Å². The molecule has 1 saturated heterocycles. The monoisotopic (exact) mass is 479 g/mol. The smallest absolute Gasteiger partial charge is 0.326 e. The number of carboxylic acid groups (broad SMARTS) is 1. The Bertz CT molecular complexity index is 1090. The van der Waals surface area contributed by atoms with Gasteiger partial charge in [-0.15, -0.1) is 0 Å². The molecule has 2 N–H and O–H groups in total. The molecule has 0 spiro atoms. The van der Waals surface area contributed by atoms with E-state index >= 15 is 0 Å². The molecule has 1 fully saturated rings. The molecule has 1 unspecified atom stereocenters. The van der Waals surface area contributed by atoms with Crippen LogP contribution in [-0.2, 0) is 11.2 Å². The predicted octanol–water partition coefficient (Wildman–Crippen LogP) is 4.08. The first-order valence-electron chi connectivity index (χ1n) is 11.5. The van der Waals surface area contributed by atoms with Crippen molar-refractivity contribution in [3.05, 3.63) is 107 Å². The first-order valence-corrected chi connectivity index (χ1v) is 11.5. The van der Waals surface area contributed by atoms with E-state index in [4.69, 9.17) is 0 Å². The van der Waals surface area contributed by atoms with Crippen LogP contribution in [0.5, 0.6) is 0 Å². The number of halogens is 2. The van der Waals surface area contributed by atoms with Gasteiger partial charge in [0.25, 0.3) is 0 Å². The number of carbonyl (C=O) groups is 2. The van der Waals surface area contributed by atoms with E-state index in [0.29, 0.717) is 26.2 Å². The van der Waals surface area contributed by atoms with Crippen molar-refractivity contribution in [2.45, 2.75) is 18.5 Å². The molecule has 1 heterocycles. The van der Waals surface area contributed by atoms with Gasteiger partial charge >= 0.3 is 12.0 Å². The number of piperazine rings is 1. The topological polar surface area (TPSA) is 72.9 Å². The highest BCUT2D eigenvalue weighted by Crippen LogP contribution is 2.30. The molecule has 4 rings (SSSR count). The number of hydrogen-bond donors (Lipinski definition) is 2. The molecule has 35 heavy (non-hydrogen) atoms. The number of nitrogens with one attached hydrogen (secondary N) is 1. The van der Waals surface area contributed by atoms with E-state index < -0.39 is 18.0 Å². The van der Waals surface area contributed by atoms with Crippen LogP contribution in [0.25, 0.3) is 0 Å². The van der Waals surface area contributed by atoms with Crippen LogP contribution in [-0.4, -0.2) is 59.1 Å². The van der Waals surface area contributed by atoms with E-state index in [-0.39, 0.29) is 24.1 Å². The summed E-state index contributed by atoms with van der Waals surface area (Å²) in [5, 5.41) is 12.2. The Morgan fingerprint density at radius 2 is 1.31 bits per heavy atom. The Morgan fingerprint density at radius 1 is 0.800 bits per heavy atom. The van der Waals surface area contributed by atoms with E-state index in [2.05, 4.69) is 10.2 Å². The van der Waals surface area contributed by atoms with Crippen LogP contribution in [0.15, 0.2) is 78.9 Å². The number of aliphatic carboxylic acids is 1. The summed E-state index contributed by atoms with van der Waals surface area (Å²) in [5.74, 6) is -1.76. The van der Waals surface area contributed by atoms with Crippen molar-refractivity contribution in [1.29, 1.82) is 0 Å². The molecule has 0 aliphatic carbocycles. The fourth-order valence-electron chi connectivity index (χ4n) is 4.38. The van der Waals surface area contributed by atoms with Crippen molar-refractivity contribution in [3.8, 4) is 0 Å². The standard InChI is InChI=1S/C27H27F2N3O3/c28-22-10-6-20(7-11-22)25(21-8-12-23(29)13-9-21)31-14-16-32(17-15-31)27(35)30-24(26(33)34)18-19-4-2-1-3-5-19/h1-13,24-25H,14-18H2,(H,30,35)(H,33,34). The van der Waals surface area contributed by atoms with Gasteiger partial charge in [0.1, 0.15) is 17.7 Å². The highest BCUT2D eigenvalue weighted by molar-refractivity contribution is 5.82. The second-order valence-corrected chi connectivity index (χ2v) is 8.56. The molecule has 3 aromatic carbocycles. The molecule has 0 bridgehead atoms. The maximum atomic E-state index is 13.5. The first kappa shape index (κ1) is 24.3. The normalized spacial score (nSPS) is 15.1. The van der Waals surface area contributed by atoms with Gasteiger partial charge in [0, 0.05) is 32.6 Å². The van der Waals surface area contributed by atoms with Crippen molar-refractivity contribution >= 4 is 12.0 Å². The maximum absolute atomic E-state index is 13.5. The third-order valence-corrected chi connectivity index (χ3v) is 6.22. The van der Waals surface area contributed by atoms with E-state index in [0.717, 1.165) is 16.7 Å². The summed E-state index contributed by atoms with van der Waals surface area (Å²) in [5.41, 5.74) is 2.56. The van der Waals surface area contributed by atoms with Crippen LogP contribution in [0.3, 0.4) is 0 Å². The van der Waals surface area contributed by atoms with Gasteiger partial charge in [-0.1, -0.05) is 54.6 Å². The van der Waals surface area contributed by atoms with Crippen molar-refractivity contribution in [2.75, 3.05) is 26.2 Å². The maximum Gasteiger partial charge on any atom is 0.326 e. The van der Waals surface area contributed by atoms with Crippen LogP contribution >= 0.6 is 0 Å².